The number of benzene rings is 1. The maximum atomic E-state index is 12.5. The second kappa shape index (κ2) is 8.57. The summed E-state index contributed by atoms with van der Waals surface area (Å²) < 4.78 is 1.82. The lowest BCUT2D eigenvalue weighted by atomic mass is 10.1. The van der Waals surface area contributed by atoms with Gasteiger partial charge in [0.1, 0.15) is 0 Å². The summed E-state index contributed by atoms with van der Waals surface area (Å²) in [7, 11) is 0. The minimum atomic E-state index is -0.281. The van der Waals surface area contributed by atoms with Gasteiger partial charge in [-0.25, -0.2) is 9.48 Å². The van der Waals surface area contributed by atoms with E-state index in [0.29, 0.717) is 6.54 Å². The van der Waals surface area contributed by atoms with E-state index in [1.807, 2.05) is 73.3 Å². The molecule has 0 radical (unpaired) electrons. The number of pyridine rings is 2. The molecule has 0 fully saturated rings. The number of hydrogen-bond acceptors (Lipinski definition) is 4. The quantitative estimate of drug-likeness (QED) is 0.526. The van der Waals surface area contributed by atoms with E-state index in [4.69, 9.17) is 5.10 Å². The Labute approximate surface area is 174 Å². The minimum absolute atomic E-state index is 0.281. The van der Waals surface area contributed by atoms with E-state index < -0.39 is 0 Å². The molecule has 2 N–H and O–H groups in total. The fourth-order valence-electron chi connectivity index (χ4n) is 3.11. The third kappa shape index (κ3) is 4.35. The highest BCUT2D eigenvalue weighted by molar-refractivity contribution is 5.90. The molecule has 7 nitrogen and oxygen atoms in total. The van der Waals surface area contributed by atoms with Gasteiger partial charge >= 0.3 is 6.03 Å². The number of nitrogens with zero attached hydrogens (tertiary/aromatic N) is 4. The molecule has 0 saturated heterocycles. The lowest BCUT2D eigenvalue weighted by Crippen LogP contribution is -2.28. The van der Waals surface area contributed by atoms with Gasteiger partial charge in [-0.2, -0.15) is 5.10 Å². The first-order valence-electron chi connectivity index (χ1n) is 9.62. The average Bonchev–Trinajstić information content (AvgIpc) is 3.20. The first kappa shape index (κ1) is 19.3. The summed E-state index contributed by atoms with van der Waals surface area (Å²) >= 11 is 0. The van der Waals surface area contributed by atoms with Crippen LogP contribution >= 0.6 is 0 Å². The molecule has 0 atom stereocenters. The summed E-state index contributed by atoms with van der Waals surface area (Å²) in [6, 6.07) is 15.3. The Morgan fingerprint density at radius 2 is 1.83 bits per heavy atom. The zero-order valence-corrected chi connectivity index (χ0v) is 16.8. The second-order valence-corrected chi connectivity index (χ2v) is 6.97. The van der Waals surface area contributed by atoms with E-state index in [9.17, 15) is 4.79 Å². The molecule has 30 heavy (non-hydrogen) atoms. The van der Waals surface area contributed by atoms with Crippen molar-refractivity contribution in [2.75, 3.05) is 5.32 Å². The van der Waals surface area contributed by atoms with Crippen LogP contribution in [-0.2, 0) is 6.54 Å². The predicted octanol–water partition coefficient (Wildman–Crippen LogP) is 4.27. The number of amides is 2. The van der Waals surface area contributed by atoms with Crippen molar-refractivity contribution in [2.45, 2.75) is 20.4 Å². The van der Waals surface area contributed by atoms with E-state index in [0.717, 1.165) is 39.5 Å². The molecular weight excluding hydrogens is 376 g/mol. The van der Waals surface area contributed by atoms with Crippen LogP contribution in [-0.4, -0.2) is 25.8 Å². The van der Waals surface area contributed by atoms with Crippen molar-refractivity contribution >= 4 is 11.7 Å². The van der Waals surface area contributed by atoms with Crippen LogP contribution in [0.2, 0.25) is 0 Å². The Morgan fingerprint density at radius 1 is 1.07 bits per heavy atom. The summed E-state index contributed by atoms with van der Waals surface area (Å²) in [5.41, 5.74) is 6.10. The number of anilines is 1. The number of nitrogens with one attached hydrogen (secondary N) is 2. The standard InChI is InChI=1S/C23H22N6O/c1-16-13-25-17(2)12-21(16)27-23(30)26-14-19-15-29(20-6-4-3-5-7-20)28-22(19)18-8-10-24-11-9-18/h3-13,15H,14H2,1-2H3,(H2,25,26,27,30). The number of carbonyl (C=O) groups is 1. The van der Waals surface area contributed by atoms with Crippen molar-refractivity contribution in [3.8, 4) is 16.9 Å². The molecule has 0 unspecified atom stereocenters. The normalized spacial score (nSPS) is 10.6. The first-order chi connectivity index (χ1) is 14.6. The molecule has 0 bridgehead atoms. The van der Waals surface area contributed by atoms with Gasteiger partial charge in [0.25, 0.3) is 0 Å². The van der Waals surface area contributed by atoms with Crippen LogP contribution in [0.4, 0.5) is 10.5 Å². The summed E-state index contributed by atoms with van der Waals surface area (Å²) in [6.45, 7) is 4.13. The van der Waals surface area contributed by atoms with Crippen LogP contribution < -0.4 is 10.6 Å². The van der Waals surface area contributed by atoms with Gasteiger partial charge < -0.3 is 10.6 Å². The van der Waals surface area contributed by atoms with E-state index in [2.05, 4.69) is 20.6 Å². The SMILES string of the molecule is Cc1cc(NC(=O)NCc2cn(-c3ccccc3)nc2-c2ccncc2)c(C)cn1. The van der Waals surface area contributed by atoms with Crippen LogP contribution in [0.5, 0.6) is 0 Å². The topological polar surface area (TPSA) is 84.7 Å². The van der Waals surface area contributed by atoms with Crippen molar-refractivity contribution in [1.29, 1.82) is 0 Å². The van der Waals surface area contributed by atoms with Crippen LogP contribution in [0.3, 0.4) is 0 Å². The highest BCUT2D eigenvalue weighted by atomic mass is 16.2. The summed E-state index contributed by atoms with van der Waals surface area (Å²) in [4.78, 5) is 20.8. The largest absolute Gasteiger partial charge is 0.334 e. The maximum absolute atomic E-state index is 12.5. The van der Waals surface area contributed by atoms with Crippen LogP contribution in [0.15, 0.2) is 73.3 Å². The first-order valence-corrected chi connectivity index (χ1v) is 9.62. The average molecular weight is 398 g/mol. The molecule has 0 spiro atoms. The van der Waals surface area contributed by atoms with Crippen LogP contribution in [0.25, 0.3) is 16.9 Å². The van der Waals surface area contributed by atoms with E-state index in [-0.39, 0.29) is 6.03 Å². The van der Waals surface area contributed by atoms with Gasteiger partial charge in [-0.05, 0) is 49.7 Å². The molecule has 4 rings (SSSR count). The Kier molecular flexibility index (Phi) is 5.52. The minimum Gasteiger partial charge on any atom is -0.334 e. The molecule has 150 valence electrons. The van der Waals surface area contributed by atoms with Crippen molar-refractivity contribution in [1.82, 2.24) is 25.1 Å². The van der Waals surface area contributed by atoms with Crippen molar-refractivity contribution in [3.05, 3.63) is 90.1 Å². The number of aromatic nitrogens is 4. The van der Waals surface area contributed by atoms with Crippen LogP contribution in [0, 0.1) is 13.8 Å². The molecular formula is C23H22N6O. The molecule has 0 saturated carbocycles. The molecule has 0 aliphatic rings. The van der Waals surface area contributed by atoms with Gasteiger partial charge in [-0.15, -0.1) is 0 Å². The number of rotatable bonds is 5. The Bertz CT molecular complexity index is 1160. The highest BCUT2D eigenvalue weighted by Crippen LogP contribution is 2.23. The number of hydrogen-bond donors (Lipinski definition) is 2. The number of carbonyl (C=O) groups excluding carboxylic acids is 1. The molecule has 0 aliphatic heterocycles. The van der Waals surface area contributed by atoms with E-state index >= 15 is 0 Å². The zero-order chi connectivity index (χ0) is 20.9. The predicted molar refractivity (Wildman–Crippen MR) is 116 cm³/mol. The van der Waals surface area contributed by atoms with Crippen molar-refractivity contribution in [3.63, 3.8) is 0 Å². The monoisotopic (exact) mass is 398 g/mol. The molecule has 0 aliphatic carbocycles. The van der Waals surface area contributed by atoms with Gasteiger partial charge in [0, 0.05) is 53.8 Å². The summed E-state index contributed by atoms with van der Waals surface area (Å²) in [5, 5.41) is 10.6. The summed E-state index contributed by atoms with van der Waals surface area (Å²) in [6.07, 6.45) is 7.15. The molecule has 2 amide bonds. The van der Waals surface area contributed by atoms with Crippen molar-refractivity contribution < 1.29 is 4.79 Å². The number of urea groups is 1. The molecule has 3 heterocycles. The Balaban J connectivity index is 1.56. The summed E-state index contributed by atoms with van der Waals surface area (Å²) in [5.74, 6) is 0. The number of aryl methyl sites for hydroxylation is 2. The second-order valence-electron chi connectivity index (χ2n) is 6.97. The smallest absolute Gasteiger partial charge is 0.319 e. The molecule has 4 aromatic rings. The fourth-order valence-corrected chi connectivity index (χ4v) is 3.11. The van der Waals surface area contributed by atoms with E-state index in [1.54, 1.807) is 18.6 Å². The van der Waals surface area contributed by atoms with Gasteiger partial charge in [0.05, 0.1) is 11.4 Å². The Hall–Kier alpha value is -4.00. The van der Waals surface area contributed by atoms with Crippen LogP contribution in [0.1, 0.15) is 16.8 Å². The maximum Gasteiger partial charge on any atom is 0.319 e. The molecule has 1 aromatic carbocycles. The van der Waals surface area contributed by atoms with E-state index in [1.165, 1.54) is 0 Å². The van der Waals surface area contributed by atoms with Gasteiger partial charge in [-0.3, -0.25) is 9.97 Å². The lowest BCUT2D eigenvalue weighted by Gasteiger charge is -2.10. The third-order valence-corrected chi connectivity index (χ3v) is 4.69. The highest BCUT2D eigenvalue weighted by Gasteiger charge is 2.14. The third-order valence-electron chi connectivity index (χ3n) is 4.69. The lowest BCUT2D eigenvalue weighted by molar-refractivity contribution is 0.251. The molecule has 7 heteroatoms. The zero-order valence-electron chi connectivity index (χ0n) is 16.8. The molecule has 3 aromatic heterocycles. The Morgan fingerprint density at radius 3 is 2.60 bits per heavy atom. The van der Waals surface area contributed by atoms with Gasteiger partial charge in [-0.1, -0.05) is 18.2 Å². The van der Waals surface area contributed by atoms with Gasteiger partial charge in [0.2, 0.25) is 0 Å². The fraction of sp³-hybridized carbons (Fsp3) is 0.130. The number of para-hydroxylation sites is 1. The van der Waals surface area contributed by atoms with Gasteiger partial charge in [0.15, 0.2) is 0 Å². The van der Waals surface area contributed by atoms with Crippen molar-refractivity contribution in [2.24, 2.45) is 0 Å².